The Balaban J connectivity index is 2.70. The fraction of sp³-hybridized carbons (Fsp3) is 0.222. The molecule has 0 spiro atoms. The van der Waals surface area contributed by atoms with E-state index in [4.69, 9.17) is 30.0 Å². The normalized spacial score (nSPS) is 11.2. The van der Waals surface area contributed by atoms with Gasteiger partial charge >= 0.3 is 104 Å². The molecule has 0 N–H and O–H groups in total. The zero-order chi connectivity index (χ0) is 11.5. The molecule has 0 fully saturated rings. The van der Waals surface area contributed by atoms with Crippen LogP contribution in [0.2, 0.25) is 0 Å². The number of rotatable bonds is 3. The van der Waals surface area contributed by atoms with E-state index in [1.54, 1.807) is 31.3 Å². The first-order valence-corrected chi connectivity index (χ1v) is 14.0. The van der Waals surface area contributed by atoms with Crippen LogP contribution in [-0.2, 0) is 0 Å². The van der Waals surface area contributed by atoms with Crippen LogP contribution in [0.5, 0.6) is 0 Å². The first kappa shape index (κ1) is 13.2. The average molecular weight is 327 g/mol. The Hall–Kier alpha value is 0.103. The number of hydrogen-bond donors (Lipinski definition) is 0. The van der Waals surface area contributed by atoms with E-state index in [-0.39, 0.29) is 11.3 Å². The van der Waals surface area contributed by atoms with Crippen LogP contribution in [0, 0.1) is 0 Å². The van der Waals surface area contributed by atoms with Gasteiger partial charge in [-0.3, -0.25) is 0 Å². The Morgan fingerprint density at radius 2 is 1.80 bits per heavy atom. The molecule has 2 nitrogen and oxygen atoms in total. The van der Waals surface area contributed by atoms with Gasteiger partial charge in [0, 0.05) is 0 Å². The standard InChI is InChI=1S/C9H10Cl3GeNO/c1-14(7-13(10,11)12)9(15)8-5-3-2-4-6-8/h2-6H,7H2,1H3. The van der Waals surface area contributed by atoms with Crippen LogP contribution in [0.4, 0.5) is 0 Å². The van der Waals surface area contributed by atoms with Crippen molar-refractivity contribution in [3.05, 3.63) is 35.9 Å². The van der Waals surface area contributed by atoms with Gasteiger partial charge in [-0.15, -0.1) is 0 Å². The Morgan fingerprint density at radius 1 is 1.27 bits per heavy atom. The fourth-order valence-electron chi connectivity index (χ4n) is 1.14. The van der Waals surface area contributed by atoms with Gasteiger partial charge < -0.3 is 0 Å². The molecule has 0 atom stereocenters. The van der Waals surface area contributed by atoms with E-state index in [0.717, 1.165) is 0 Å². The van der Waals surface area contributed by atoms with E-state index in [0.29, 0.717) is 5.56 Å². The Morgan fingerprint density at radius 3 is 2.27 bits per heavy atom. The molecule has 0 saturated carbocycles. The van der Waals surface area contributed by atoms with Gasteiger partial charge in [-0.2, -0.15) is 0 Å². The Bertz CT molecular complexity index is 339. The zero-order valence-electron chi connectivity index (χ0n) is 8.08. The molecule has 0 aliphatic heterocycles. The topological polar surface area (TPSA) is 20.3 Å². The number of benzene rings is 1. The molecule has 1 rings (SSSR count). The molecule has 1 amide bonds. The van der Waals surface area contributed by atoms with Gasteiger partial charge in [0.1, 0.15) is 0 Å². The molecule has 1 aromatic rings. The van der Waals surface area contributed by atoms with Crippen LogP contribution in [0.1, 0.15) is 10.4 Å². The maximum atomic E-state index is 11.8. The summed E-state index contributed by atoms with van der Waals surface area (Å²) in [5.41, 5.74) is 0.608. The number of carbonyl (C=O) groups excluding carboxylic acids is 1. The monoisotopic (exact) mass is 327 g/mol. The van der Waals surface area contributed by atoms with E-state index in [1.807, 2.05) is 6.07 Å². The summed E-state index contributed by atoms with van der Waals surface area (Å²) in [5.74, 6) is -0.118. The second kappa shape index (κ2) is 5.44. The molecule has 0 aromatic heterocycles. The minimum atomic E-state index is -3.27. The number of hydrogen-bond acceptors (Lipinski definition) is 1. The molecule has 1 aromatic carbocycles. The van der Waals surface area contributed by atoms with Crippen molar-refractivity contribution in [2.45, 2.75) is 0 Å². The summed E-state index contributed by atoms with van der Waals surface area (Å²) in [6.45, 7) is 0. The van der Waals surface area contributed by atoms with Crippen molar-refractivity contribution in [1.29, 1.82) is 0 Å². The molecule has 0 aliphatic rings. The molecule has 0 saturated heterocycles. The van der Waals surface area contributed by atoms with E-state index >= 15 is 0 Å². The average Bonchev–Trinajstić information content (AvgIpc) is 2.15. The summed E-state index contributed by atoms with van der Waals surface area (Å²) in [5, 5.41) is 0.248. The molecule has 0 aliphatic carbocycles. The van der Waals surface area contributed by atoms with Gasteiger partial charge in [-0.1, -0.05) is 0 Å². The molecule has 15 heavy (non-hydrogen) atoms. The van der Waals surface area contributed by atoms with Crippen molar-refractivity contribution in [3.8, 4) is 0 Å². The predicted molar refractivity (Wildman–Crippen MR) is 66.7 cm³/mol. The number of nitrogens with zero attached hydrogens (tertiary/aromatic N) is 1. The van der Waals surface area contributed by atoms with Gasteiger partial charge in [-0.05, 0) is 0 Å². The third-order valence-electron chi connectivity index (χ3n) is 1.78. The quantitative estimate of drug-likeness (QED) is 0.782. The molecular weight excluding hydrogens is 317 g/mol. The summed E-state index contributed by atoms with van der Waals surface area (Å²) >= 11 is 0. The van der Waals surface area contributed by atoms with Crippen LogP contribution < -0.4 is 0 Å². The van der Waals surface area contributed by atoms with E-state index in [9.17, 15) is 4.79 Å². The second-order valence-corrected chi connectivity index (χ2v) is 19.5. The van der Waals surface area contributed by atoms with Crippen LogP contribution >= 0.6 is 30.0 Å². The Kier molecular flexibility index (Phi) is 4.77. The van der Waals surface area contributed by atoms with Crippen molar-refractivity contribution in [3.63, 3.8) is 0 Å². The number of amides is 1. The second-order valence-electron chi connectivity index (χ2n) is 3.14. The zero-order valence-corrected chi connectivity index (χ0v) is 12.4. The number of halogens is 3. The van der Waals surface area contributed by atoms with Crippen LogP contribution in [-0.4, -0.2) is 33.7 Å². The van der Waals surface area contributed by atoms with E-state index in [2.05, 4.69) is 0 Å². The molecule has 0 radical (unpaired) electrons. The summed E-state index contributed by atoms with van der Waals surface area (Å²) < 4.78 is 0. The SMILES string of the molecule is CN([CH2][Ge]([Cl])([Cl])[Cl])C(=O)c1ccccc1. The third-order valence-corrected chi connectivity index (χ3v) is 5.39. The fourth-order valence-corrected chi connectivity index (χ4v) is 5.37. The van der Waals surface area contributed by atoms with Crippen LogP contribution in [0.25, 0.3) is 0 Å². The first-order chi connectivity index (χ1) is 6.90. The van der Waals surface area contributed by atoms with Crippen LogP contribution in [0.3, 0.4) is 0 Å². The summed E-state index contributed by atoms with van der Waals surface area (Å²) in [6, 6.07) is 8.94. The van der Waals surface area contributed by atoms with Gasteiger partial charge in [0.2, 0.25) is 0 Å². The third kappa shape index (κ3) is 4.64. The van der Waals surface area contributed by atoms with Crippen molar-refractivity contribution in [2.24, 2.45) is 0 Å². The van der Waals surface area contributed by atoms with Gasteiger partial charge in [0.25, 0.3) is 0 Å². The predicted octanol–water partition coefficient (Wildman–Crippen LogP) is 2.95. The first-order valence-electron chi connectivity index (χ1n) is 4.27. The van der Waals surface area contributed by atoms with Gasteiger partial charge in [-0.25, -0.2) is 0 Å². The van der Waals surface area contributed by atoms with E-state index < -0.39 is 10.5 Å². The Labute approximate surface area is 104 Å². The maximum absolute atomic E-state index is 11.8. The minimum absolute atomic E-state index is 0.118. The van der Waals surface area contributed by atoms with Crippen molar-refractivity contribution in [2.75, 3.05) is 12.4 Å². The van der Waals surface area contributed by atoms with Gasteiger partial charge in [0.05, 0.1) is 0 Å². The number of carbonyl (C=O) groups is 1. The van der Waals surface area contributed by atoms with Gasteiger partial charge in [0.15, 0.2) is 0 Å². The summed E-state index contributed by atoms with van der Waals surface area (Å²) in [7, 11) is 15.7. The van der Waals surface area contributed by atoms with Crippen molar-refractivity contribution < 1.29 is 4.79 Å². The molecule has 0 bridgehead atoms. The molecular formula is C9H10Cl3GeNO. The molecule has 0 heterocycles. The summed E-state index contributed by atoms with van der Waals surface area (Å²) in [4.78, 5) is 13.3. The van der Waals surface area contributed by atoms with Crippen LogP contribution in [0.15, 0.2) is 30.3 Å². The van der Waals surface area contributed by atoms with Crippen molar-refractivity contribution in [1.82, 2.24) is 4.90 Å². The van der Waals surface area contributed by atoms with E-state index in [1.165, 1.54) is 4.90 Å². The molecule has 6 heteroatoms. The molecule has 0 unspecified atom stereocenters. The van der Waals surface area contributed by atoms with Crippen molar-refractivity contribution >= 4 is 46.4 Å². The summed E-state index contributed by atoms with van der Waals surface area (Å²) in [6.07, 6.45) is 0. The molecule has 82 valence electrons.